The molecule has 1 saturated carbocycles. The third-order valence-electron chi connectivity index (χ3n) is 4.55. The number of hydrogen-bond acceptors (Lipinski definition) is 3. The second-order valence-corrected chi connectivity index (χ2v) is 7.38. The first-order chi connectivity index (χ1) is 12.4. The zero-order chi connectivity index (χ0) is 19.1. The van der Waals surface area contributed by atoms with Gasteiger partial charge in [-0.2, -0.15) is 0 Å². The van der Waals surface area contributed by atoms with E-state index in [0.717, 1.165) is 25.7 Å². The van der Waals surface area contributed by atoms with E-state index < -0.39 is 5.97 Å². The van der Waals surface area contributed by atoms with Crippen LogP contribution in [0.4, 0.5) is 5.69 Å². The van der Waals surface area contributed by atoms with Crippen LogP contribution in [0.2, 0.25) is 0 Å². The molecule has 2 N–H and O–H groups in total. The third kappa shape index (κ3) is 5.86. The summed E-state index contributed by atoms with van der Waals surface area (Å²) in [7, 11) is 0. The molecule has 1 aliphatic carbocycles. The van der Waals surface area contributed by atoms with Crippen molar-refractivity contribution in [3.05, 3.63) is 29.8 Å². The van der Waals surface area contributed by atoms with Crippen molar-refractivity contribution in [1.82, 2.24) is 4.90 Å². The van der Waals surface area contributed by atoms with Gasteiger partial charge in [0, 0.05) is 23.7 Å². The van der Waals surface area contributed by atoms with E-state index in [1.807, 2.05) is 13.8 Å². The molecule has 0 bridgehead atoms. The van der Waals surface area contributed by atoms with Crippen molar-refractivity contribution in [3.63, 3.8) is 0 Å². The molecule has 0 unspecified atom stereocenters. The van der Waals surface area contributed by atoms with Gasteiger partial charge in [0.15, 0.2) is 0 Å². The lowest BCUT2D eigenvalue weighted by Crippen LogP contribution is -2.38. The number of carbonyl (C=O) groups excluding carboxylic acids is 2. The quantitative estimate of drug-likeness (QED) is 0.780. The number of hydrogen-bond donors (Lipinski definition) is 2. The predicted molar refractivity (Wildman–Crippen MR) is 100 cm³/mol. The summed E-state index contributed by atoms with van der Waals surface area (Å²) in [6, 6.07) is 6.73. The smallest absolute Gasteiger partial charge is 0.323 e. The number of nitrogens with one attached hydrogen (secondary N) is 1. The first-order valence-corrected chi connectivity index (χ1v) is 9.29. The normalized spacial score (nSPS) is 14.9. The number of nitrogens with zero attached hydrogens (tertiary/aromatic N) is 1. The Morgan fingerprint density at radius 1 is 1.19 bits per heavy atom. The van der Waals surface area contributed by atoms with Gasteiger partial charge in [-0.15, -0.1) is 0 Å². The van der Waals surface area contributed by atoms with E-state index in [1.165, 1.54) is 11.3 Å². The lowest BCUT2D eigenvalue weighted by Gasteiger charge is -2.23. The maximum atomic E-state index is 12.7. The van der Waals surface area contributed by atoms with Crippen LogP contribution in [0.15, 0.2) is 24.3 Å². The number of carboxylic acid groups (broad SMARTS) is 1. The molecule has 1 aromatic rings. The van der Waals surface area contributed by atoms with Crippen LogP contribution < -0.4 is 5.32 Å². The second-order valence-electron chi connectivity index (χ2n) is 7.38. The summed E-state index contributed by atoms with van der Waals surface area (Å²) >= 11 is 0. The van der Waals surface area contributed by atoms with Gasteiger partial charge in [0.25, 0.3) is 5.91 Å². The Labute approximate surface area is 154 Å². The van der Waals surface area contributed by atoms with Crippen LogP contribution in [0.5, 0.6) is 0 Å². The van der Waals surface area contributed by atoms with E-state index in [4.69, 9.17) is 5.11 Å². The number of amides is 2. The molecule has 2 rings (SSSR count). The third-order valence-corrected chi connectivity index (χ3v) is 4.55. The highest BCUT2D eigenvalue weighted by atomic mass is 16.4. The Bertz CT molecular complexity index is 651. The zero-order valence-corrected chi connectivity index (χ0v) is 15.5. The molecule has 0 saturated heterocycles. The van der Waals surface area contributed by atoms with Gasteiger partial charge in [0.05, 0.1) is 0 Å². The van der Waals surface area contributed by atoms with Crippen LogP contribution in [0, 0.1) is 11.8 Å². The fraction of sp³-hybridized carbons (Fsp3) is 0.550. The SMILES string of the molecule is CC(C)CN(CC(=O)O)C(=O)c1cccc(NC(=O)C2CCCCC2)c1. The molecule has 1 aliphatic rings. The molecule has 1 fully saturated rings. The molecule has 0 radical (unpaired) electrons. The van der Waals surface area contributed by atoms with Gasteiger partial charge in [-0.1, -0.05) is 39.2 Å². The molecule has 6 nitrogen and oxygen atoms in total. The highest BCUT2D eigenvalue weighted by Gasteiger charge is 2.22. The molecule has 2 amide bonds. The fourth-order valence-electron chi connectivity index (χ4n) is 3.34. The summed E-state index contributed by atoms with van der Waals surface area (Å²) in [4.78, 5) is 37.5. The molecule has 0 atom stereocenters. The number of carbonyl (C=O) groups is 3. The fourth-order valence-corrected chi connectivity index (χ4v) is 3.34. The predicted octanol–water partition coefficient (Wildman–Crippen LogP) is 3.39. The molecular formula is C20H28N2O4. The summed E-state index contributed by atoms with van der Waals surface area (Å²) in [5.41, 5.74) is 0.958. The number of aliphatic carboxylic acids is 1. The molecule has 0 aromatic heterocycles. The Morgan fingerprint density at radius 3 is 2.50 bits per heavy atom. The first kappa shape index (κ1) is 19.9. The Balaban J connectivity index is 2.09. The van der Waals surface area contributed by atoms with E-state index in [-0.39, 0.29) is 30.2 Å². The zero-order valence-electron chi connectivity index (χ0n) is 15.5. The van der Waals surface area contributed by atoms with Gasteiger partial charge in [0.1, 0.15) is 6.54 Å². The van der Waals surface area contributed by atoms with Gasteiger partial charge in [-0.25, -0.2) is 0 Å². The molecule has 0 spiro atoms. The monoisotopic (exact) mass is 360 g/mol. The highest BCUT2D eigenvalue weighted by Crippen LogP contribution is 2.25. The van der Waals surface area contributed by atoms with E-state index in [2.05, 4.69) is 5.32 Å². The van der Waals surface area contributed by atoms with E-state index >= 15 is 0 Å². The van der Waals surface area contributed by atoms with Crippen molar-refractivity contribution in [2.24, 2.45) is 11.8 Å². The van der Waals surface area contributed by atoms with Gasteiger partial charge in [-0.3, -0.25) is 14.4 Å². The van der Waals surface area contributed by atoms with Crippen LogP contribution in [0.3, 0.4) is 0 Å². The minimum Gasteiger partial charge on any atom is -0.480 e. The minimum atomic E-state index is -1.04. The average Bonchev–Trinajstić information content (AvgIpc) is 2.60. The van der Waals surface area contributed by atoms with Crippen LogP contribution in [-0.2, 0) is 9.59 Å². The van der Waals surface area contributed by atoms with Crippen LogP contribution >= 0.6 is 0 Å². The van der Waals surface area contributed by atoms with Crippen molar-refractivity contribution < 1.29 is 19.5 Å². The van der Waals surface area contributed by atoms with Crippen molar-refractivity contribution in [2.45, 2.75) is 46.0 Å². The minimum absolute atomic E-state index is 0.00104. The molecular weight excluding hydrogens is 332 g/mol. The molecule has 0 heterocycles. The molecule has 0 aliphatic heterocycles. The Morgan fingerprint density at radius 2 is 1.88 bits per heavy atom. The highest BCUT2D eigenvalue weighted by molar-refractivity contribution is 5.98. The number of benzene rings is 1. The topological polar surface area (TPSA) is 86.7 Å². The van der Waals surface area contributed by atoms with Gasteiger partial charge >= 0.3 is 5.97 Å². The Kier molecular flexibility index (Phi) is 7.18. The maximum Gasteiger partial charge on any atom is 0.323 e. The number of anilines is 1. The van der Waals surface area contributed by atoms with Gasteiger partial charge in [0.2, 0.25) is 5.91 Å². The van der Waals surface area contributed by atoms with E-state index in [0.29, 0.717) is 17.8 Å². The molecule has 142 valence electrons. The number of rotatable bonds is 7. The summed E-state index contributed by atoms with van der Waals surface area (Å²) < 4.78 is 0. The summed E-state index contributed by atoms with van der Waals surface area (Å²) in [6.45, 7) is 3.89. The summed E-state index contributed by atoms with van der Waals surface area (Å²) in [6.07, 6.45) is 5.16. The maximum absolute atomic E-state index is 12.7. The number of carboxylic acids is 1. The van der Waals surface area contributed by atoms with Crippen LogP contribution in [0.25, 0.3) is 0 Å². The lowest BCUT2D eigenvalue weighted by molar-refractivity contribution is -0.137. The second kappa shape index (κ2) is 9.36. The van der Waals surface area contributed by atoms with Gasteiger partial charge in [-0.05, 0) is 37.0 Å². The summed E-state index contributed by atoms with van der Waals surface area (Å²) in [5, 5.41) is 12.0. The lowest BCUT2D eigenvalue weighted by atomic mass is 9.88. The molecule has 26 heavy (non-hydrogen) atoms. The van der Waals surface area contributed by atoms with Crippen LogP contribution in [0.1, 0.15) is 56.3 Å². The van der Waals surface area contributed by atoms with Crippen LogP contribution in [-0.4, -0.2) is 40.9 Å². The standard InChI is InChI=1S/C20H28N2O4/c1-14(2)12-22(13-18(23)24)20(26)16-9-6-10-17(11-16)21-19(25)15-7-4-3-5-8-15/h6,9-11,14-15H,3-5,7-8,12-13H2,1-2H3,(H,21,25)(H,23,24). The van der Waals surface area contributed by atoms with Crippen molar-refractivity contribution in [3.8, 4) is 0 Å². The molecule has 1 aromatic carbocycles. The first-order valence-electron chi connectivity index (χ1n) is 9.29. The van der Waals surface area contributed by atoms with Crippen molar-refractivity contribution in [2.75, 3.05) is 18.4 Å². The Hall–Kier alpha value is -2.37. The molecule has 6 heteroatoms. The summed E-state index contributed by atoms with van der Waals surface area (Å²) in [5.74, 6) is -1.19. The van der Waals surface area contributed by atoms with E-state index in [9.17, 15) is 14.4 Å². The largest absolute Gasteiger partial charge is 0.480 e. The van der Waals surface area contributed by atoms with E-state index in [1.54, 1.807) is 24.3 Å². The van der Waals surface area contributed by atoms with Gasteiger partial charge < -0.3 is 15.3 Å². The van der Waals surface area contributed by atoms with Crippen molar-refractivity contribution >= 4 is 23.5 Å². The van der Waals surface area contributed by atoms with Crippen molar-refractivity contribution in [1.29, 1.82) is 0 Å². The average molecular weight is 360 g/mol.